The van der Waals surface area contributed by atoms with E-state index < -0.39 is 5.97 Å². The molecule has 0 aromatic heterocycles. The van der Waals surface area contributed by atoms with Gasteiger partial charge in [-0.3, -0.25) is 14.4 Å². The fourth-order valence-electron chi connectivity index (χ4n) is 3.21. The predicted molar refractivity (Wildman–Crippen MR) is 102 cm³/mol. The van der Waals surface area contributed by atoms with Gasteiger partial charge in [-0.05, 0) is 48.6 Å². The second-order valence-corrected chi connectivity index (χ2v) is 6.71. The van der Waals surface area contributed by atoms with Gasteiger partial charge in [-0.15, -0.1) is 0 Å². The lowest BCUT2D eigenvalue weighted by Crippen LogP contribution is -2.37. The van der Waals surface area contributed by atoms with Crippen molar-refractivity contribution in [2.24, 2.45) is 0 Å². The van der Waals surface area contributed by atoms with Crippen molar-refractivity contribution in [1.82, 2.24) is 5.32 Å². The Kier molecular flexibility index (Phi) is 5.86. The summed E-state index contributed by atoms with van der Waals surface area (Å²) < 4.78 is 0. The highest BCUT2D eigenvalue weighted by Crippen LogP contribution is 2.23. The van der Waals surface area contributed by atoms with Crippen molar-refractivity contribution in [2.75, 3.05) is 5.32 Å². The SMILES string of the molecule is O=C(O)CCC(Cc1ccccc1)NC(=O)c1ccc2c(c1)CCC(=O)N2. The van der Waals surface area contributed by atoms with E-state index in [0.29, 0.717) is 31.2 Å². The molecule has 2 amide bonds. The van der Waals surface area contributed by atoms with Gasteiger partial charge < -0.3 is 15.7 Å². The monoisotopic (exact) mass is 366 g/mol. The summed E-state index contributed by atoms with van der Waals surface area (Å²) in [5, 5.41) is 14.7. The summed E-state index contributed by atoms with van der Waals surface area (Å²) in [5.41, 5.74) is 3.24. The van der Waals surface area contributed by atoms with Crippen LogP contribution in [-0.4, -0.2) is 28.9 Å². The standard InChI is InChI=1S/C21H22N2O4/c24-19-10-7-15-13-16(6-9-18(15)23-19)21(27)22-17(8-11-20(25)26)12-14-4-2-1-3-5-14/h1-6,9,13,17H,7-8,10-12H2,(H,22,27)(H,23,24)(H,25,26). The number of amides is 2. The number of aryl methyl sites for hydroxylation is 1. The zero-order chi connectivity index (χ0) is 19.2. The van der Waals surface area contributed by atoms with E-state index >= 15 is 0 Å². The Morgan fingerprint density at radius 3 is 2.63 bits per heavy atom. The summed E-state index contributed by atoms with van der Waals surface area (Å²) in [6, 6.07) is 14.6. The molecule has 2 aromatic carbocycles. The third-order valence-corrected chi connectivity index (χ3v) is 4.63. The van der Waals surface area contributed by atoms with Crippen molar-refractivity contribution in [3.63, 3.8) is 0 Å². The van der Waals surface area contributed by atoms with Crippen LogP contribution in [0, 0.1) is 0 Å². The molecule has 2 aromatic rings. The number of hydrogen-bond donors (Lipinski definition) is 3. The van der Waals surface area contributed by atoms with Gasteiger partial charge >= 0.3 is 5.97 Å². The second-order valence-electron chi connectivity index (χ2n) is 6.71. The van der Waals surface area contributed by atoms with Gasteiger partial charge in [-0.25, -0.2) is 0 Å². The molecule has 1 atom stereocenters. The molecule has 1 heterocycles. The first-order valence-corrected chi connectivity index (χ1v) is 9.00. The lowest BCUT2D eigenvalue weighted by Gasteiger charge is -2.20. The van der Waals surface area contributed by atoms with Gasteiger partial charge in [0, 0.05) is 30.1 Å². The minimum absolute atomic E-state index is 0.00595. The second kappa shape index (κ2) is 8.49. The number of fused-ring (bicyclic) bond motifs is 1. The third kappa shape index (κ3) is 5.17. The lowest BCUT2D eigenvalue weighted by atomic mass is 9.98. The zero-order valence-electron chi connectivity index (χ0n) is 14.9. The fraction of sp³-hybridized carbons (Fsp3) is 0.286. The first-order chi connectivity index (χ1) is 13.0. The molecule has 6 heteroatoms. The zero-order valence-corrected chi connectivity index (χ0v) is 14.9. The Balaban J connectivity index is 1.71. The van der Waals surface area contributed by atoms with Gasteiger partial charge in [0.1, 0.15) is 0 Å². The van der Waals surface area contributed by atoms with Gasteiger partial charge in [-0.1, -0.05) is 30.3 Å². The van der Waals surface area contributed by atoms with Crippen molar-refractivity contribution in [2.45, 2.75) is 38.1 Å². The summed E-state index contributed by atoms with van der Waals surface area (Å²) in [5.74, 6) is -1.14. The van der Waals surface area contributed by atoms with Gasteiger partial charge in [0.25, 0.3) is 5.91 Å². The molecule has 0 aliphatic carbocycles. The molecule has 3 N–H and O–H groups in total. The highest BCUT2D eigenvalue weighted by Gasteiger charge is 2.19. The van der Waals surface area contributed by atoms with Crippen LogP contribution < -0.4 is 10.6 Å². The van der Waals surface area contributed by atoms with Crippen LogP contribution in [0.2, 0.25) is 0 Å². The molecule has 0 spiro atoms. The van der Waals surface area contributed by atoms with Gasteiger partial charge in [0.05, 0.1) is 0 Å². The summed E-state index contributed by atoms with van der Waals surface area (Å²) in [7, 11) is 0. The van der Waals surface area contributed by atoms with Crippen LogP contribution in [0.25, 0.3) is 0 Å². The van der Waals surface area contributed by atoms with E-state index in [1.54, 1.807) is 18.2 Å². The first kappa shape index (κ1) is 18.6. The Morgan fingerprint density at radius 2 is 1.89 bits per heavy atom. The van der Waals surface area contributed by atoms with E-state index in [9.17, 15) is 14.4 Å². The van der Waals surface area contributed by atoms with Crippen molar-refractivity contribution in [3.8, 4) is 0 Å². The predicted octanol–water partition coefficient (Wildman–Crippen LogP) is 2.78. The van der Waals surface area contributed by atoms with Crippen LogP contribution in [0.15, 0.2) is 48.5 Å². The molecular weight excluding hydrogens is 344 g/mol. The van der Waals surface area contributed by atoms with Gasteiger partial charge in [0.2, 0.25) is 5.91 Å². The van der Waals surface area contributed by atoms with Crippen LogP contribution in [0.4, 0.5) is 5.69 Å². The lowest BCUT2D eigenvalue weighted by molar-refractivity contribution is -0.137. The Bertz CT molecular complexity index is 849. The van der Waals surface area contributed by atoms with E-state index in [0.717, 1.165) is 16.8 Å². The quantitative estimate of drug-likeness (QED) is 0.702. The number of rotatable bonds is 7. The number of benzene rings is 2. The molecule has 3 rings (SSSR count). The number of carboxylic acids is 1. The van der Waals surface area contributed by atoms with E-state index in [4.69, 9.17) is 5.11 Å². The molecule has 140 valence electrons. The summed E-state index contributed by atoms with van der Waals surface area (Å²) in [4.78, 5) is 35.1. The Morgan fingerprint density at radius 1 is 1.11 bits per heavy atom. The average Bonchev–Trinajstić information content (AvgIpc) is 2.66. The molecule has 0 fully saturated rings. The topological polar surface area (TPSA) is 95.5 Å². The molecule has 27 heavy (non-hydrogen) atoms. The molecule has 6 nitrogen and oxygen atoms in total. The largest absolute Gasteiger partial charge is 0.481 e. The molecule has 0 bridgehead atoms. The molecule has 1 aliphatic rings. The molecule has 1 unspecified atom stereocenters. The van der Waals surface area contributed by atoms with Crippen LogP contribution in [0.1, 0.15) is 40.7 Å². The minimum atomic E-state index is -0.883. The van der Waals surface area contributed by atoms with Crippen LogP contribution in [0.5, 0.6) is 0 Å². The van der Waals surface area contributed by atoms with Crippen LogP contribution in [-0.2, 0) is 22.4 Å². The summed E-state index contributed by atoms with van der Waals surface area (Å²) >= 11 is 0. The fourth-order valence-corrected chi connectivity index (χ4v) is 3.21. The minimum Gasteiger partial charge on any atom is -0.481 e. The number of nitrogens with one attached hydrogen (secondary N) is 2. The smallest absolute Gasteiger partial charge is 0.303 e. The number of aliphatic carboxylic acids is 1. The normalized spacial score (nSPS) is 14.0. The van der Waals surface area contributed by atoms with E-state index in [2.05, 4.69) is 10.6 Å². The van der Waals surface area contributed by atoms with Crippen LogP contribution in [0.3, 0.4) is 0 Å². The maximum Gasteiger partial charge on any atom is 0.303 e. The third-order valence-electron chi connectivity index (χ3n) is 4.63. The highest BCUT2D eigenvalue weighted by atomic mass is 16.4. The number of anilines is 1. The maximum atomic E-state index is 12.7. The van der Waals surface area contributed by atoms with Gasteiger partial charge in [0.15, 0.2) is 0 Å². The number of carboxylic acid groups (broad SMARTS) is 1. The van der Waals surface area contributed by atoms with Gasteiger partial charge in [-0.2, -0.15) is 0 Å². The number of carbonyl (C=O) groups is 3. The van der Waals surface area contributed by atoms with Crippen molar-refractivity contribution < 1.29 is 19.5 Å². The van der Waals surface area contributed by atoms with E-state index in [-0.39, 0.29) is 24.3 Å². The van der Waals surface area contributed by atoms with E-state index in [1.165, 1.54) is 0 Å². The molecule has 0 radical (unpaired) electrons. The number of carbonyl (C=O) groups excluding carboxylic acids is 2. The Labute approximate surface area is 157 Å². The highest BCUT2D eigenvalue weighted by molar-refractivity contribution is 5.98. The molecule has 1 aliphatic heterocycles. The number of hydrogen-bond acceptors (Lipinski definition) is 3. The maximum absolute atomic E-state index is 12.7. The average molecular weight is 366 g/mol. The van der Waals surface area contributed by atoms with E-state index in [1.807, 2.05) is 30.3 Å². The molecular formula is C21H22N2O4. The van der Waals surface area contributed by atoms with Crippen LogP contribution >= 0.6 is 0 Å². The van der Waals surface area contributed by atoms with Crippen molar-refractivity contribution in [1.29, 1.82) is 0 Å². The molecule has 0 saturated heterocycles. The summed E-state index contributed by atoms with van der Waals surface area (Å²) in [6.07, 6.45) is 1.94. The first-order valence-electron chi connectivity index (χ1n) is 9.00. The van der Waals surface area contributed by atoms with Crippen molar-refractivity contribution >= 4 is 23.5 Å². The van der Waals surface area contributed by atoms with Crippen molar-refractivity contribution in [3.05, 3.63) is 65.2 Å². The summed E-state index contributed by atoms with van der Waals surface area (Å²) in [6.45, 7) is 0. The molecule has 0 saturated carbocycles. The Hall–Kier alpha value is -3.15.